The highest BCUT2D eigenvalue weighted by Crippen LogP contribution is 2.31. The third-order valence-electron chi connectivity index (χ3n) is 7.08. The number of hydrogen-bond acceptors (Lipinski definition) is 4. The first-order valence-electron chi connectivity index (χ1n) is 12.7. The summed E-state index contributed by atoms with van der Waals surface area (Å²) in [5.41, 5.74) is 7.95. The zero-order valence-corrected chi connectivity index (χ0v) is 21.3. The molecule has 0 bridgehead atoms. The van der Waals surface area contributed by atoms with E-state index >= 15 is 0 Å². The third kappa shape index (κ3) is 5.09. The van der Waals surface area contributed by atoms with Crippen LogP contribution < -0.4 is 0 Å². The summed E-state index contributed by atoms with van der Waals surface area (Å²) in [7, 11) is 4.32. The fraction of sp³-hybridized carbons (Fsp3) is 0.379. The molecule has 1 fully saturated rings. The van der Waals surface area contributed by atoms with Crippen molar-refractivity contribution in [3.8, 4) is 33.6 Å². The van der Waals surface area contributed by atoms with Crippen LogP contribution >= 0.6 is 0 Å². The summed E-state index contributed by atoms with van der Waals surface area (Å²) in [6.45, 7) is 7.36. The van der Waals surface area contributed by atoms with Crippen LogP contribution in [-0.4, -0.2) is 56.9 Å². The molecule has 0 spiro atoms. The summed E-state index contributed by atoms with van der Waals surface area (Å²) in [6.07, 6.45) is 5.52. The summed E-state index contributed by atoms with van der Waals surface area (Å²) in [4.78, 5) is 21.2. The molecule has 182 valence electrons. The number of rotatable bonds is 8. The van der Waals surface area contributed by atoms with Crippen LogP contribution in [0.2, 0.25) is 0 Å². The molecule has 2 aromatic heterocycles. The van der Waals surface area contributed by atoms with Crippen molar-refractivity contribution in [2.24, 2.45) is 0 Å². The number of aryl methyl sites for hydroxylation is 1. The maximum absolute atomic E-state index is 4.88. The average Bonchev–Trinajstić information content (AvgIpc) is 3.59. The van der Waals surface area contributed by atoms with Gasteiger partial charge < -0.3 is 9.97 Å². The summed E-state index contributed by atoms with van der Waals surface area (Å²) in [5.74, 6) is 2.10. The Morgan fingerprint density at radius 3 is 2.26 bits per heavy atom. The van der Waals surface area contributed by atoms with E-state index in [9.17, 15) is 0 Å². The fourth-order valence-corrected chi connectivity index (χ4v) is 5.17. The molecule has 6 nitrogen and oxygen atoms in total. The largest absolute Gasteiger partial charge is 0.344 e. The Balaban J connectivity index is 1.29. The Bertz CT molecular complexity index is 1250. The van der Waals surface area contributed by atoms with Crippen molar-refractivity contribution in [2.45, 2.75) is 45.7 Å². The van der Waals surface area contributed by atoms with E-state index < -0.39 is 0 Å². The van der Waals surface area contributed by atoms with Gasteiger partial charge in [-0.2, -0.15) is 0 Å². The van der Waals surface area contributed by atoms with E-state index in [2.05, 4.69) is 101 Å². The zero-order chi connectivity index (χ0) is 24.4. The Hall–Kier alpha value is -3.22. The summed E-state index contributed by atoms with van der Waals surface area (Å²) in [5, 5.41) is 0. The van der Waals surface area contributed by atoms with Gasteiger partial charge in [0.2, 0.25) is 0 Å². The highest BCUT2D eigenvalue weighted by atomic mass is 15.2. The van der Waals surface area contributed by atoms with Crippen molar-refractivity contribution in [3.05, 3.63) is 72.1 Å². The zero-order valence-electron chi connectivity index (χ0n) is 21.3. The molecule has 1 atom stereocenters. The minimum Gasteiger partial charge on any atom is -0.344 e. The second kappa shape index (κ2) is 10.2. The predicted molar refractivity (Wildman–Crippen MR) is 143 cm³/mol. The molecule has 1 aliphatic rings. The Morgan fingerprint density at radius 2 is 1.63 bits per heavy atom. The molecule has 4 aromatic rings. The monoisotopic (exact) mass is 468 g/mol. The van der Waals surface area contributed by atoms with E-state index in [4.69, 9.17) is 4.98 Å². The maximum Gasteiger partial charge on any atom is 0.123 e. The molecule has 2 N–H and O–H groups in total. The van der Waals surface area contributed by atoms with Crippen LogP contribution in [0.5, 0.6) is 0 Å². The van der Waals surface area contributed by atoms with Crippen molar-refractivity contribution >= 4 is 0 Å². The lowest BCUT2D eigenvalue weighted by Gasteiger charge is -2.16. The van der Waals surface area contributed by atoms with Gasteiger partial charge in [-0.15, -0.1) is 0 Å². The summed E-state index contributed by atoms with van der Waals surface area (Å²) < 4.78 is 0. The van der Waals surface area contributed by atoms with Crippen LogP contribution in [0.4, 0.5) is 0 Å². The van der Waals surface area contributed by atoms with Gasteiger partial charge in [-0.3, -0.25) is 9.80 Å². The van der Waals surface area contributed by atoms with Gasteiger partial charge in [0, 0.05) is 11.3 Å². The van der Waals surface area contributed by atoms with E-state index in [-0.39, 0.29) is 0 Å². The first kappa shape index (κ1) is 23.5. The van der Waals surface area contributed by atoms with E-state index in [1.165, 1.54) is 24.0 Å². The molecule has 5 rings (SSSR count). The molecule has 35 heavy (non-hydrogen) atoms. The van der Waals surface area contributed by atoms with Gasteiger partial charge in [0.15, 0.2) is 0 Å². The molecule has 0 radical (unpaired) electrons. The first-order chi connectivity index (χ1) is 17.0. The number of benzene rings is 2. The minimum atomic E-state index is 0.410. The van der Waals surface area contributed by atoms with Crippen molar-refractivity contribution in [2.75, 3.05) is 27.2 Å². The van der Waals surface area contributed by atoms with Gasteiger partial charge in [-0.25, -0.2) is 9.97 Å². The number of likely N-dealkylation sites (tertiary alicyclic amines) is 1. The third-order valence-corrected chi connectivity index (χ3v) is 7.08. The maximum atomic E-state index is 4.88. The SMILES string of the molecule is CCCN(C)Cc1nc(-c2ccc(-c3ccc(-c4cnc([C@@H]5CCCN5C)[nH]4)cc3)cc2)c(C)[nH]1. The topological polar surface area (TPSA) is 63.8 Å². The van der Waals surface area contributed by atoms with E-state index in [1.807, 2.05) is 6.20 Å². The second-order valence-electron chi connectivity index (χ2n) is 9.87. The molecule has 6 heteroatoms. The molecule has 0 amide bonds. The van der Waals surface area contributed by atoms with Gasteiger partial charge in [0.05, 0.1) is 30.2 Å². The number of nitrogens with one attached hydrogen (secondary N) is 2. The van der Waals surface area contributed by atoms with Gasteiger partial charge >= 0.3 is 0 Å². The highest BCUT2D eigenvalue weighted by molar-refractivity contribution is 5.72. The van der Waals surface area contributed by atoms with Crippen LogP contribution in [0.3, 0.4) is 0 Å². The standard InChI is InChI=1S/C29H36N6/c1-5-16-34(3)19-27-31-20(2)28(33-27)24-14-10-22(11-15-24)21-8-12-23(13-9-21)25-18-30-29(32-25)26-7-6-17-35(26)4/h8-15,18,26H,5-7,16-17,19H2,1-4H3,(H,30,32)(H,31,33)/t26-/m0/s1. The lowest BCUT2D eigenvalue weighted by atomic mass is 10.0. The van der Waals surface area contributed by atoms with Crippen LogP contribution in [0, 0.1) is 6.92 Å². The summed E-state index contributed by atoms with van der Waals surface area (Å²) in [6, 6.07) is 17.9. The van der Waals surface area contributed by atoms with Crippen molar-refractivity contribution in [1.29, 1.82) is 0 Å². The van der Waals surface area contributed by atoms with E-state index in [0.29, 0.717) is 6.04 Å². The predicted octanol–water partition coefficient (Wildman–Crippen LogP) is 6.05. The minimum absolute atomic E-state index is 0.410. The highest BCUT2D eigenvalue weighted by Gasteiger charge is 2.25. The molecule has 1 saturated heterocycles. The molecule has 1 aliphatic heterocycles. The van der Waals surface area contributed by atoms with E-state index in [1.54, 1.807) is 0 Å². The molecular weight excluding hydrogens is 432 g/mol. The lowest BCUT2D eigenvalue weighted by molar-refractivity contribution is 0.307. The lowest BCUT2D eigenvalue weighted by Crippen LogP contribution is -2.19. The molecule has 3 heterocycles. The quantitative estimate of drug-likeness (QED) is 0.330. The molecule has 0 saturated carbocycles. The fourth-order valence-electron chi connectivity index (χ4n) is 5.17. The van der Waals surface area contributed by atoms with Gasteiger partial charge in [-0.1, -0.05) is 55.5 Å². The summed E-state index contributed by atoms with van der Waals surface area (Å²) >= 11 is 0. The van der Waals surface area contributed by atoms with Crippen molar-refractivity contribution < 1.29 is 0 Å². The number of hydrogen-bond donors (Lipinski definition) is 2. The Morgan fingerprint density at radius 1 is 0.971 bits per heavy atom. The molecule has 0 unspecified atom stereocenters. The van der Waals surface area contributed by atoms with Crippen molar-refractivity contribution in [3.63, 3.8) is 0 Å². The molecule has 2 aromatic carbocycles. The number of aromatic nitrogens is 4. The van der Waals surface area contributed by atoms with Crippen LogP contribution in [0.25, 0.3) is 33.6 Å². The smallest absolute Gasteiger partial charge is 0.123 e. The second-order valence-corrected chi connectivity index (χ2v) is 9.87. The van der Waals surface area contributed by atoms with Crippen LogP contribution in [0.1, 0.15) is 49.6 Å². The number of imidazole rings is 2. The number of nitrogens with zero attached hydrogens (tertiary/aromatic N) is 4. The number of aromatic amines is 2. The molecular formula is C29H36N6. The Kier molecular flexibility index (Phi) is 6.84. The van der Waals surface area contributed by atoms with Crippen LogP contribution in [-0.2, 0) is 6.54 Å². The van der Waals surface area contributed by atoms with Gasteiger partial charge in [0.25, 0.3) is 0 Å². The van der Waals surface area contributed by atoms with Gasteiger partial charge in [-0.05, 0) is 70.1 Å². The normalized spacial score (nSPS) is 16.4. The van der Waals surface area contributed by atoms with Crippen molar-refractivity contribution in [1.82, 2.24) is 29.7 Å². The molecule has 0 aliphatic carbocycles. The Labute approximate surface area is 208 Å². The average molecular weight is 469 g/mol. The van der Waals surface area contributed by atoms with Crippen LogP contribution in [0.15, 0.2) is 54.7 Å². The van der Waals surface area contributed by atoms with Gasteiger partial charge in [0.1, 0.15) is 11.6 Å². The number of H-pyrrole nitrogens is 2. The van der Waals surface area contributed by atoms with E-state index in [0.717, 1.165) is 65.9 Å². The first-order valence-corrected chi connectivity index (χ1v) is 12.7.